The molecule has 112 valence electrons. The first-order valence-electron chi connectivity index (χ1n) is 7.45. The molecule has 1 aromatic heterocycles. The number of nitrogens with one attached hydrogen (secondary N) is 1. The fourth-order valence-corrected chi connectivity index (χ4v) is 2.57. The molecule has 2 aromatic rings. The molecule has 0 aliphatic heterocycles. The van der Waals surface area contributed by atoms with Crippen LogP contribution in [0.2, 0.25) is 0 Å². The van der Waals surface area contributed by atoms with Gasteiger partial charge in [0.1, 0.15) is 0 Å². The molecule has 0 fully saturated rings. The minimum Gasteiger partial charge on any atom is -0.352 e. The van der Waals surface area contributed by atoms with Gasteiger partial charge in [0.2, 0.25) is 0 Å². The van der Waals surface area contributed by atoms with Crippen molar-refractivity contribution in [3.8, 4) is 5.69 Å². The molecule has 0 radical (unpaired) electrons. The molecule has 1 heterocycles. The normalized spacial score (nSPS) is 11.0. The van der Waals surface area contributed by atoms with Crippen molar-refractivity contribution in [2.75, 3.05) is 6.54 Å². The molecule has 0 saturated heterocycles. The van der Waals surface area contributed by atoms with Crippen molar-refractivity contribution in [1.29, 1.82) is 0 Å². The van der Waals surface area contributed by atoms with E-state index in [9.17, 15) is 4.79 Å². The van der Waals surface area contributed by atoms with E-state index < -0.39 is 0 Å². The van der Waals surface area contributed by atoms with Gasteiger partial charge >= 0.3 is 0 Å². The van der Waals surface area contributed by atoms with Gasteiger partial charge in [0, 0.05) is 23.6 Å². The topological polar surface area (TPSA) is 34.0 Å². The number of rotatable bonds is 4. The summed E-state index contributed by atoms with van der Waals surface area (Å²) >= 11 is 0. The number of aromatic nitrogens is 1. The summed E-state index contributed by atoms with van der Waals surface area (Å²) in [5.41, 5.74) is 5.17. The molecule has 2 rings (SSSR count). The minimum absolute atomic E-state index is 0.0108. The van der Waals surface area contributed by atoms with Gasteiger partial charge in [-0.3, -0.25) is 4.79 Å². The second-order valence-corrected chi connectivity index (χ2v) is 6.01. The van der Waals surface area contributed by atoms with Crippen molar-refractivity contribution in [1.82, 2.24) is 9.88 Å². The summed E-state index contributed by atoms with van der Waals surface area (Å²) in [6.07, 6.45) is 0. The largest absolute Gasteiger partial charge is 0.352 e. The summed E-state index contributed by atoms with van der Waals surface area (Å²) in [6.45, 7) is 11.0. The van der Waals surface area contributed by atoms with Gasteiger partial charge < -0.3 is 9.88 Å². The fourth-order valence-electron chi connectivity index (χ4n) is 2.57. The molecule has 0 atom stereocenters. The lowest BCUT2D eigenvalue weighted by Gasteiger charge is -2.13. The fraction of sp³-hybridized carbons (Fsp3) is 0.389. The van der Waals surface area contributed by atoms with Gasteiger partial charge in [-0.2, -0.15) is 0 Å². The maximum Gasteiger partial charge on any atom is 0.253 e. The van der Waals surface area contributed by atoms with E-state index in [1.807, 2.05) is 32.0 Å². The van der Waals surface area contributed by atoms with Gasteiger partial charge in [-0.05, 0) is 44.4 Å². The van der Waals surface area contributed by atoms with Crippen LogP contribution >= 0.6 is 0 Å². The second-order valence-electron chi connectivity index (χ2n) is 6.01. The molecule has 3 heteroatoms. The Morgan fingerprint density at radius 1 is 1.19 bits per heavy atom. The highest BCUT2D eigenvalue weighted by molar-refractivity contribution is 5.95. The van der Waals surface area contributed by atoms with E-state index in [4.69, 9.17) is 0 Å². The minimum atomic E-state index is 0.0108. The maximum atomic E-state index is 12.3. The zero-order chi connectivity index (χ0) is 15.6. The number of carbonyl (C=O) groups excluding carboxylic acids is 1. The van der Waals surface area contributed by atoms with E-state index in [0.717, 1.165) is 22.6 Å². The maximum absolute atomic E-state index is 12.3. The van der Waals surface area contributed by atoms with Crippen LogP contribution in [0.25, 0.3) is 5.69 Å². The van der Waals surface area contributed by atoms with Gasteiger partial charge in [-0.25, -0.2) is 0 Å². The number of carbonyl (C=O) groups is 1. The summed E-state index contributed by atoms with van der Waals surface area (Å²) in [5, 5.41) is 2.99. The first-order chi connectivity index (χ1) is 9.91. The van der Waals surface area contributed by atoms with E-state index in [-0.39, 0.29) is 5.91 Å². The molecule has 0 saturated carbocycles. The molecule has 0 spiro atoms. The predicted octanol–water partition coefficient (Wildman–Crippen LogP) is 3.79. The average Bonchev–Trinajstić information content (AvgIpc) is 2.72. The number of aryl methyl sites for hydroxylation is 2. The van der Waals surface area contributed by atoms with Gasteiger partial charge in [0.25, 0.3) is 5.91 Å². The van der Waals surface area contributed by atoms with Crippen molar-refractivity contribution >= 4 is 5.91 Å². The van der Waals surface area contributed by atoms with Gasteiger partial charge in [0.15, 0.2) is 0 Å². The molecule has 0 aliphatic carbocycles. The predicted molar refractivity (Wildman–Crippen MR) is 87.2 cm³/mol. The standard InChI is InChI=1S/C18H24N2O/c1-12(2)11-19-18(21)16-10-14(4)20(15(16)5)17-9-7-6-8-13(17)3/h6-10,12H,11H2,1-5H3,(H,19,21). The Balaban J connectivity index is 2.39. The lowest BCUT2D eigenvalue weighted by atomic mass is 10.2. The molecule has 0 bridgehead atoms. The Labute approximate surface area is 127 Å². The summed E-state index contributed by atoms with van der Waals surface area (Å²) in [5.74, 6) is 0.463. The van der Waals surface area contributed by atoms with Crippen LogP contribution in [0.4, 0.5) is 0 Å². The van der Waals surface area contributed by atoms with Crippen LogP contribution in [0.3, 0.4) is 0 Å². The highest BCUT2D eigenvalue weighted by atomic mass is 16.1. The highest BCUT2D eigenvalue weighted by Gasteiger charge is 2.17. The van der Waals surface area contributed by atoms with Gasteiger partial charge in [-0.1, -0.05) is 32.0 Å². The van der Waals surface area contributed by atoms with Crippen molar-refractivity contribution in [3.63, 3.8) is 0 Å². The van der Waals surface area contributed by atoms with Crippen LogP contribution in [-0.4, -0.2) is 17.0 Å². The Bertz CT molecular complexity index is 653. The zero-order valence-electron chi connectivity index (χ0n) is 13.5. The van der Waals surface area contributed by atoms with Crippen LogP contribution in [0, 0.1) is 26.7 Å². The quantitative estimate of drug-likeness (QED) is 0.910. The zero-order valence-corrected chi connectivity index (χ0v) is 13.5. The Morgan fingerprint density at radius 2 is 1.86 bits per heavy atom. The van der Waals surface area contributed by atoms with Gasteiger partial charge in [-0.15, -0.1) is 0 Å². The number of nitrogens with zero attached hydrogens (tertiary/aromatic N) is 1. The summed E-state index contributed by atoms with van der Waals surface area (Å²) in [7, 11) is 0. The van der Waals surface area contributed by atoms with Crippen molar-refractivity contribution < 1.29 is 4.79 Å². The number of amides is 1. The third kappa shape index (κ3) is 3.18. The van der Waals surface area contributed by atoms with Crippen LogP contribution in [0.1, 0.15) is 41.2 Å². The lowest BCUT2D eigenvalue weighted by Crippen LogP contribution is -2.27. The van der Waals surface area contributed by atoms with Crippen molar-refractivity contribution in [2.24, 2.45) is 5.92 Å². The average molecular weight is 284 g/mol. The third-order valence-corrected chi connectivity index (χ3v) is 3.70. The van der Waals surface area contributed by atoms with E-state index in [0.29, 0.717) is 12.5 Å². The van der Waals surface area contributed by atoms with Crippen LogP contribution in [-0.2, 0) is 0 Å². The first-order valence-corrected chi connectivity index (χ1v) is 7.45. The van der Waals surface area contributed by atoms with Gasteiger partial charge in [0.05, 0.1) is 5.56 Å². The molecule has 1 N–H and O–H groups in total. The molecule has 0 unspecified atom stereocenters. The van der Waals surface area contributed by atoms with Crippen LogP contribution in [0.5, 0.6) is 0 Å². The Hall–Kier alpha value is -2.03. The molecule has 21 heavy (non-hydrogen) atoms. The van der Waals surface area contributed by atoms with E-state index in [1.165, 1.54) is 5.56 Å². The number of benzene rings is 1. The third-order valence-electron chi connectivity index (χ3n) is 3.70. The summed E-state index contributed by atoms with van der Waals surface area (Å²) < 4.78 is 2.15. The van der Waals surface area contributed by atoms with Crippen molar-refractivity contribution in [2.45, 2.75) is 34.6 Å². The molecule has 1 amide bonds. The molecule has 3 nitrogen and oxygen atoms in total. The lowest BCUT2D eigenvalue weighted by molar-refractivity contribution is 0.0948. The number of hydrogen-bond acceptors (Lipinski definition) is 1. The van der Waals surface area contributed by atoms with E-state index in [1.54, 1.807) is 0 Å². The second kappa shape index (κ2) is 6.17. The Kier molecular flexibility index (Phi) is 4.51. The molecule has 1 aromatic carbocycles. The highest BCUT2D eigenvalue weighted by Crippen LogP contribution is 2.23. The smallest absolute Gasteiger partial charge is 0.253 e. The van der Waals surface area contributed by atoms with E-state index in [2.05, 4.69) is 42.8 Å². The Morgan fingerprint density at radius 3 is 2.48 bits per heavy atom. The first kappa shape index (κ1) is 15.4. The summed E-state index contributed by atoms with van der Waals surface area (Å²) in [4.78, 5) is 12.3. The van der Waals surface area contributed by atoms with Crippen molar-refractivity contribution in [3.05, 3.63) is 52.8 Å². The van der Waals surface area contributed by atoms with Crippen LogP contribution in [0.15, 0.2) is 30.3 Å². The SMILES string of the molecule is Cc1ccccc1-n1c(C)cc(C(=O)NCC(C)C)c1C. The molecular weight excluding hydrogens is 260 g/mol. The number of hydrogen-bond donors (Lipinski definition) is 1. The van der Waals surface area contributed by atoms with Crippen LogP contribution < -0.4 is 5.32 Å². The molecule has 0 aliphatic rings. The monoisotopic (exact) mass is 284 g/mol. The van der Waals surface area contributed by atoms with E-state index >= 15 is 0 Å². The summed E-state index contributed by atoms with van der Waals surface area (Å²) in [6, 6.07) is 10.2. The molecular formula is C18H24N2O. The number of para-hydroxylation sites is 1.